The van der Waals surface area contributed by atoms with Gasteiger partial charge < -0.3 is 4.74 Å². The van der Waals surface area contributed by atoms with Crippen molar-refractivity contribution in [1.29, 1.82) is 0 Å². The van der Waals surface area contributed by atoms with Crippen LogP contribution < -0.4 is 16.0 Å². The topological polar surface area (TPSA) is 53.2 Å². The van der Waals surface area contributed by atoms with Crippen LogP contribution in [0.1, 0.15) is 11.3 Å². The molecule has 0 radical (unpaired) electrons. The molecule has 0 aliphatic heterocycles. The Kier molecular flexibility index (Phi) is 5.03. The molecule has 0 bridgehead atoms. The lowest BCUT2D eigenvalue weighted by Gasteiger charge is -2.15. The van der Waals surface area contributed by atoms with E-state index in [1.807, 2.05) is 24.3 Å². The third-order valence-electron chi connectivity index (χ3n) is 3.41. The Labute approximate surface area is 136 Å². The Balaban J connectivity index is 2.46. The third-order valence-corrected chi connectivity index (χ3v) is 4.18. The molecule has 0 unspecified atom stereocenters. The molecule has 0 saturated heterocycles. The predicted molar refractivity (Wildman–Crippen MR) is 89.3 cm³/mol. The highest BCUT2D eigenvalue weighted by atomic mass is 79.9. The van der Waals surface area contributed by atoms with E-state index in [4.69, 9.17) is 4.74 Å². The molecule has 0 saturated carbocycles. The summed E-state index contributed by atoms with van der Waals surface area (Å²) in [6, 6.07) is 7.61. The van der Waals surface area contributed by atoms with Crippen LogP contribution in [0.15, 0.2) is 51.0 Å². The zero-order chi connectivity index (χ0) is 16.3. The minimum absolute atomic E-state index is 0.181. The average Bonchev–Trinajstić information content (AvgIpc) is 2.52. The number of aromatic nitrogens is 2. The minimum atomic E-state index is -0.438. The number of halogens is 1. The Bertz CT molecular complexity index is 821. The second-order valence-electron chi connectivity index (χ2n) is 4.85. The maximum Gasteiger partial charge on any atom is 0.330 e. The van der Waals surface area contributed by atoms with Gasteiger partial charge in [-0.25, -0.2) is 4.79 Å². The van der Waals surface area contributed by atoms with Crippen LogP contribution in [-0.2, 0) is 27.1 Å². The molecule has 0 atom stereocenters. The quantitative estimate of drug-likeness (QED) is 0.763. The maximum atomic E-state index is 12.3. The van der Waals surface area contributed by atoms with Gasteiger partial charge >= 0.3 is 5.69 Å². The third kappa shape index (κ3) is 3.06. The van der Waals surface area contributed by atoms with Crippen molar-refractivity contribution in [2.45, 2.75) is 13.0 Å². The van der Waals surface area contributed by atoms with Gasteiger partial charge in [0.1, 0.15) is 6.61 Å². The van der Waals surface area contributed by atoms with Gasteiger partial charge in [0.15, 0.2) is 0 Å². The summed E-state index contributed by atoms with van der Waals surface area (Å²) in [5, 5.41) is 0. The number of nitrogens with zero attached hydrogens (tertiary/aromatic N) is 2. The molecule has 0 amide bonds. The van der Waals surface area contributed by atoms with Gasteiger partial charge in [-0.3, -0.25) is 13.9 Å². The molecule has 2 aromatic rings. The second-order valence-corrected chi connectivity index (χ2v) is 5.71. The average molecular weight is 365 g/mol. The lowest BCUT2D eigenvalue weighted by atomic mass is 10.2. The van der Waals surface area contributed by atoms with E-state index >= 15 is 0 Å². The molecular weight excluding hydrogens is 348 g/mol. The lowest BCUT2D eigenvalue weighted by molar-refractivity contribution is 0.290. The number of benzene rings is 1. The summed E-state index contributed by atoms with van der Waals surface area (Å²) in [6.45, 7) is 3.90. The summed E-state index contributed by atoms with van der Waals surface area (Å²) in [4.78, 5) is 24.3. The van der Waals surface area contributed by atoms with E-state index in [1.165, 1.54) is 11.6 Å². The standard InChI is InChI=1S/C16H17BrN2O3/c1-4-7-13-14(15(20)19(3)16(21)18(13)2)22-10-11-8-5-6-9-12(11)17/h4-6,8-9H,1,7,10H2,2-3H3. The largest absolute Gasteiger partial charge is 0.482 e. The molecule has 5 nitrogen and oxygen atoms in total. The van der Waals surface area contributed by atoms with Crippen molar-refractivity contribution >= 4 is 15.9 Å². The minimum Gasteiger partial charge on any atom is -0.482 e. The van der Waals surface area contributed by atoms with Crippen LogP contribution in [0.2, 0.25) is 0 Å². The number of hydrogen-bond donors (Lipinski definition) is 0. The van der Waals surface area contributed by atoms with E-state index in [0.29, 0.717) is 12.1 Å². The van der Waals surface area contributed by atoms with Gasteiger partial charge in [0.25, 0.3) is 5.56 Å². The molecule has 0 N–H and O–H groups in total. The van der Waals surface area contributed by atoms with Gasteiger partial charge in [-0.05, 0) is 6.07 Å². The molecule has 0 aliphatic carbocycles. The molecule has 1 aromatic heterocycles. The van der Waals surface area contributed by atoms with E-state index in [-0.39, 0.29) is 18.0 Å². The first kappa shape index (κ1) is 16.3. The van der Waals surface area contributed by atoms with E-state index in [2.05, 4.69) is 22.5 Å². The Morgan fingerprint density at radius 2 is 1.91 bits per heavy atom. The van der Waals surface area contributed by atoms with Crippen molar-refractivity contribution in [1.82, 2.24) is 9.13 Å². The van der Waals surface area contributed by atoms with Gasteiger partial charge in [-0.1, -0.05) is 40.2 Å². The van der Waals surface area contributed by atoms with Crippen LogP contribution in [0.4, 0.5) is 0 Å². The number of allylic oxidation sites excluding steroid dienone is 1. The number of rotatable bonds is 5. The fourth-order valence-electron chi connectivity index (χ4n) is 2.13. The van der Waals surface area contributed by atoms with Gasteiger partial charge in [0.05, 0.1) is 5.69 Å². The van der Waals surface area contributed by atoms with Crippen molar-refractivity contribution in [3.63, 3.8) is 0 Å². The van der Waals surface area contributed by atoms with E-state index in [1.54, 1.807) is 13.1 Å². The maximum absolute atomic E-state index is 12.3. The number of ether oxygens (including phenoxy) is 1. The highest BCUT2D eigenvalue weighted by Crippen LogP contribution is 2.19. The first-order chi connectivity index (χ1) is 10.5. The molecule has 6 heteroatoms. The molecule has 0 aliphatic rings. The molecule has 1 heterocycles. The predicted octanol–water partition coefficient (Wildman–Crippen LogP) is 2.15. The Hall–Kier alpha value is -2.08. The van der Waals surface area contributed by atoms with E-state index < -0.39 is 5.56 Å². The fraction of sp³-hybridized carbons (Fsp3) is 0.250. The van der Waals surface area contributed by atoms with Gasteiger partial charge in [0.2, 0.25) is 5.75 Å². The van der Waals surface area contributed by atoms with Crippen LogP contribution in [0.5, 0.6) is 5.75 Å². The Morgan fingerprint density at radius 1 is 1.23 bits per heavy atom. The molecule has 22 heavy (non-hydrogen) atoms. The molecule has 0 fully saturated rings. The second kappa shape index (κ2) is 6.79. The first-order valence-electron chi connectivity index (χ1n) is 6.73. The smallest absolute Gasteiger partial charge is 0.330 e. The van der Waals surface area contributed by atoms with E-state index in [9.17, 15) is 9.59 Å². The molecule has 1 aromatic carbocycles. The molecule has 2 rings (SSSR count). The molecule has 116 valence electrons. The summed E-state index contributed by atoms with van der Waals surface area (Å²) in [6.07, 6.45) is 2.02. The van der Waals surface area contributed by atoms with Crippen LogP contribution in [0, 0.1) is 0 Å². The normalized spacial score (nSPS) is 10.5. The Morgan fingerprint density at radius 3 is 2.55 bits per heavy atom. The van der Waals surface area contributed by atoms with Gasteiger partial charge in [-0.2, -0.15) is 0 Å². The lowest BCUT2D eigenvalue weighted by Crippen LogP contribution is -2.39. The van der Waals surface area contributed by atoms with Gasteiger partial charge in [-0.15, -0.1) is 6.58 Å². The van der Waals surface area contributed by atoms with Crippen molar-refractivity contribution in [3.05, 3.63) is 73.5 Å². The van der Waals surface area contributed by atoms with Crippen LogP contribution >= 0.6 is 15.9 Å². The molecular formula is C16H17BrN2O3. The van der Waals surface area contributed by atoms with Crippen molar-refractivity contribution in [2.75, 3.05) is 0 Å². The fourth-order valence-corrected chi connectivity index (χ4v) is 2.53. The van der Waals surface area contributed by atoms with Crippen molar-refractivity contribution in [3.8, 4) is 5.75 Å². The van der Waals surface area contributed by atoms with E-state index in [0.717, 1.165) is 14.6 Å². The van der Waals surface area contributed by atoms with Gasteiger partial charge in [0, 0.05) is 30.6 Å². The van der Waals surface area contributed by atoms with Crippen LogP contribution in [0.25, 0.3) is 0 Å². The monoisotopic (exact) mass is 364 g/mol. The summed E-state index contributed by atoms with van der Waals surface area (Å²) >= 11 is 3.44. The first-order valence-corrected chi connectivity index (χ1v) is 7.52. The van der Waals surface area contributed by atoms with Crippen molar-refractivity contribution in [2.24, 2.45) is 14.1 Å². The summed E-state index contributed by atoms with van der Waals surface area (Å²) in [5.41, 5.74) is 0.625. The zero-order valence-corrected chi connectivity index (χ0v) is 14.1. The molecule has 0 spiro atoms. The number of hydrogen-bond acceptors (Lipinski definition) is 3. The van der Waals surface area contributed by atoms with Crippen LogP contribution in [0.3, 0.4) is 0 Å². The summed E-state index contributed by atoms with van der Waals surface area (Å²) < 4.78 is 9.10. The summed E-state index contributed by atoms with van der Waals surface area (Å²) in [5.74, 6) is 0.181. The summed E-state index contributed by atoms with van der Waals surface area (Å²) in [7, 11) is 3.06. The highest BCUT2D eigenvalue weighted by molar-refractivity contribution is 9.10. The van der Waals surface area contributed by atoms with Crippen molar-refractivity contribution < 1.29 is 4.74 Å². The zero-order valence-electron chi connectivity index (χ0n) is 12.5. The SMILES string of the molecule is C=CCc1c(OCc2ccccc2Br)c(=O)n(C)c(=O)n1C. The highest BCUT2D eigenvalue weighted by Gasteiger charge is 2.16. The van der Waals surface area contributed by atoms with Crippen LogP contribution in [-0.4, -0.2) is 9.13 Å².